The van der Waals surface area contributed by atoms with E-state index in [1.54, 1.807) is 36.2 Å². The van der Waals surface area contributed by atoms with Gasteiger partial charge in [0.15, 0.2) is 0 Å². The summed E-state index contributed by atoms with van der Waals surface area (Å²) in [5.74, 6) is -0.961. The molecular formula is C22H23N5O5S2. The summed E-state index contributed by atoms with van der Waals surface area (Å²) in [5.41, 5.74) is 0.119. The molecule has 0 radical (unpaired) electrons. The molecule has 0 saturated carbocycles. The SMILES string of the molecule is CCOC(=O)CC1C(=O)NCCN1c1nc2ccccn2c(=O)c1C=C1SC(=S)N(CC)C1=O. The predicted octanol–water partition coefficient (Wildman–Crippen LogP) is 1.17. The Kier molecular flexibility index (Phi) is 6.98. The molecule has 10 nitrogen and oxygen atoms in total. The van der Waals surface area contributed by atoms with Gasteiger partial charge in [-0.25, -0.2) is 4.98 Å². The first kappa shape index (κ1) is 23.9. The van der Waals surface area contributed by atoms with E-state index in [0.29, 0.717) is 34.5 Å². The number of nitrogens with one attached hydrogen (secondary N) is 1. The smallest absolute Gasteiger partial charge is 0.308 e. The fourth-order valence-electron chi connectivity index (χ4n) is 3.89. The molecule has 2 saturated heterocycles. The fourth-order valence-corrected chi connectivity index (χ4v) is 5.25. The number of anilines is 1. The van der Waals surface area contributed by atoms with Crippen molar-refractivity contribution in [3.05, 3.63) is 45.2 Å². The molecule has 178 valence electrons. The zero-order chi connectivity index (χ0) is 24.4. The van der Waals surface area contributed by atoms with Crippen molar-refractivity contribution in [3.8, 4) is 0 Å². The molecule has 2 aromatic heterocycles. The van der Waals surface area contributed by atoms with Crippen LogP contribution in [0.1, 0.15) is 25.8 Å². The van der Waals surface area contributed by atoms with E-state index in [1.165, 1.54) is 15.4 Å². The molecule has 12 heteroatoms. The number of thiocarbonyl (C=S) groups is 1. The minimum Gasteiger partial charge on any atom is -0.466 e. The largest absolute Gasteiger partial charge is 0.466 e. The molecule has 0 bridgehead atoms. The first-order chi connectivity index (χ1) is 16.3. The average Bonchev–Trinajstić information content (AvgIpc) is 3.09. The Morgan fingerprint density at radius 2 is 2.12 bits per heavy atom. The Morgan fingerprint density at radius 1 is 1.32 bits per heavy atom. The van der Waals surface area contributed by atoms with Crippen LogP contribution in [0.25, 0.3) is 11.7 Å². The van der Waals surface area contributed by atoms with E-state index in [-0.39, 0.29) is 36.2 Å². The van der Waals surface area contributed by atoms with Gasteiger partial charge in [0.1, 0.15) is 21.8 Å². The number of amides is 2. The minimum absolute atomic E-state index is 0.142. The van der Waals surface area contributed by atoms with Gasteiger partial charge in [-0.2, -0.15) is 0 Å². The van der Waals surface area contributed by atoms with Gasteiger partial charge in [-0.1, -0.05) is 30.0 Å². The highest BCUT2D eigenvalue weighted by Crippen LogP contribution is 2.33. The number of rotatable bonds is 6. The highest BCUT2D eigenvalue weighted by molar-refractivity contribution is 8.26. The first-order valence-electron chi connectivity index (χ1n) is 10.8. The monoisotopic (exact) mass is 501 g/mol. The van der Waals surface area contributed by atoms with Crippen molar-refractivity contribution >= 4 is 63.6 Å². The number of nitrogens with zero attached hydrogens (tertiary/aromatic N) is 4. The summed E-state index contributed by atoms with van der Waals surface area (Å²) >= 11 is 6.41. The van der Waals surface area contributed by atoms with Crippen LogP contribution in [0, 0.1) is 0 Å². The highest BCUT2D eigenvalue weighted by Gasteiger charge is 2.36. The van der Waals surface area contributed by atoms with E-state index in [1.807, 2.05) is 6.92 Å². The molecule has 34 heavy (non-hydrogen) atoms. The Labute approximate surface area is 204 Å². The molecular weight excluding hydrogens is 478 g/mol. The third-order valence-electron chi connectivity index (χ3n) is 5.48. The maximum atomic E-state index is 13.5. The molecule has 2 fully saturated rings. The van der Waals surface area contributed by atoms with Crippen molar-refractivity contribution in [3.63, 3.8) is 0 Å². The third kappa shape index (κ3) is 4.42. The number of aromatic nitrogens is 2. The Morgan fingerprint density at radius 3 is 2.82 bits per heavy atom. The standard InChI is InChI=1S/C22H23N5O5S2/c1-3-25-21(31)15(34-22(25)33)11-13-18(24-16-7-5-6-9-27(16)20(13)30)26-10-8-23-19(29)14(26)12-17(28)32-4-2/h5-7,9,11,14H,3-4,8,10,12H2,1-2H3,(H,23,29). The van der Waals surface area contributed by atoms with Crippen molar-refractivity contribution in [2.75, 3.05) is 31.1 Å². The van der Waals surface area contributed by atoms with Gasteiger partial charge in [-0.3, -0.25) is 28.5 Å². The molecule has 0 spiro atoms. The van der Waals surface area contributed by atoms with Gasteiger partial charge in [-0.05, 0) is 32.1 Å². The lowest BCUT2D eigenvalue weighted by Crippen LogP contribution is -2.57. The summed E-state index contributed by atoms with van der Waals surface area (Å²) in [7, 11) is 0. The predicted molar refractivity (Wildman–Crippen MR) is 132 cm³/mol. The Bertz CT molecular complexity index is 1270. The van der Waals surface area contributed by atoms with E-state index < -0.39 is 17.6 Å². The van der Waals surface area contributed by atoms with Crippen LogP contribution >= 0.6 is 24.0 Å². The zero-order valence-corrected chi connectivity index (χ0v) is 20.3. The van der Waals surface area contributed by atoms with E-state index >= 15 is 0 Å². The number of hydrogen-bond donors (Lipinski definition) is 1. The van der Waals surface area contributed by atoms with E-state index in [9.17, 15) is 19.2 Å². The molecule has 4 rings (SSSR count). The lowest BCUT2D eigenvalue weighted by molar-refractivity contribution is -0.145. The molecule has 2 aliphatic rings. The fraction of sp³-hybridized carbons (Fsp3) is 0.364. The summed E-state index contributed by atoms with van der Waals surface area (Å²) in [4.78, 5) is 59.4. The van der Waals surface area contributed by atoms with Crippen molar-refractivity contribution in [1.82, 2.24) is 19.6 Å². The van der Waals surface area contributed by atoms with Crippen molar-refractivity contribution in [2.24, 2.45) is 0 Å². The summed E-state index contributed by atoms with van der Waals surface area (Å²) in [6.45, 7) is 4.74. The van der Waals surface area contributed by atoms with Crippen LogP contribution in [0.2, 0.25) is 0 Å². The van der Waals surface area contributed by atoms with Crippen LogP contribution in [-0.2, 0) is 19.1 Å². The minimum atomic E-state index is -0.914. The number of ether oxygens (including phenoxy) is 1. The summed E-state index contributed by atoms with van der Waals surface area (Å²) in [6, 6.07) is 4.21. The summed E-state index contributed by atoms with van der Waals surface area (Å²) in [5, 5.41) is 2.75. The number of esters is 1. The molecule has 1 atom stereocenters. The van der Waals surface area contributed by atoms with Crippen molar-refractivity contribution < 1.29 is 19.1 Å². The number of pyridine rings is 1. The third-order valence-corrected chi connectivity index (χ3v) is 6.86. The number of thioether (sulfide) groups is 1. The van der Waals surface area contributed by atoms with E-state index in [2.05, 4.69) is 10.3 Å². The lowest BCUT2D eigenvalue weighted by Gasteiger charge is -2.36. The number of fused-ring (bicyclic) bond motifs is 1. The van der Waals surface area contributed by atoms with Crippen LogP contribution in [0.5, 0.6) is 0 Å². The second kappa shape index (κ2) is 9.94. The van der Waals surface area contributed by atoms with Gasteiger partial charge in [0.2, 0.25) is 5.91 Å². The summed E-state index contributed by atoms with van der Waals surface area (Å²) in [6.07, 6.45) is 2.86. The lowest BCUT2D eigenvalue weighted by atomic mass is 10.1. The average molecular weight is 502 g/mol. The van der Waals surface area contributed by atoms with Gasteiger partial charge in [0.25, 0.3) is 11.5 Å². The number of likely N-dealkylation sites (N-methyl/N-ethyl adjacent to an activating group) is 1. The topological polar surface area (TPSA) is 113 Å². The maximum absolute atomic E-state index is 13.5. The first-order valence-corrected chi connectivity index (χ1v) is 12.0. The quantitative estimate of drug-likeness (QED) is 0.354. The number of hydrogen-bond acceptors (Lipinski definition) is 9. The molecule has 0 aromatic carbocycles. The molecule has 4 heterocycles. The van der Waals surface area contributed by atoms with Gasteiger partial charge < -0.3 is 15.0 Å². The number of carbonyl (C=O) groups is 3. The Balaban J connectivity index is 1.88. The van der Waals surface area contributed by atoms with E-state index in [4.69, 9.17) is 17.0 Å². The molecule has 2 aromatic rings. The van der Waals surface area contributed by atoms with Gasteiger partial charge >= 0.3 is 5.97 Å². The summed E-state index contributed by atoms with van der Waals surface area (Å²) < 4.78 is 6.83. The van der Waals surface area contributed by atoms with Crippen molar-refractivity contribution in [1.29, 1.82) is 0 Å². The van der Waals surface area contributed by atoms with Crippen molar-refractivity contribution in [2.45, 2.75) is 26.3 Å². The molecule has 2 amide bonds. The van der Waals surface area contributed by atoms with Gasteiger partial charge in [0.05, 0.1) is 23.5 Å². The van der Waals surface area contributed by atoms with E-state index in [0.717, 1.165) is 11.8 Å². The van der Waals surface area contributed by atoms with Crippen LogP contribution < -0.4 is 15.8 Å². The zero-order valence-electron chi connectivity index (χ0n) is 18.6. The molecule has 0 aliphatic carbocycles. The van der Waals surface area contributed by atoms with Crippen LogP contribution in [0.15, 0.2) is 34.1 Å². The second-order valence-corrected chi connectivity index (χ2v) is 9.19. The highest BCUT2D eigenvalue weighted by atomic mass is 32.2. The van der Waals surface area contributed by atoms with Crippen LogP contribution in [0.4, 0.5) is 5.82 Å². The second-order valence-electron chi connectivity index (χ2n) is 7.52. The molecule has 1 unspecified atom stereocenters. The molecule has 1 N–H and O–H groups in total. The molecule has 2 aliphatic heterocycles. The number of piperazine rings is 1. The van der Waals surface area contributed by atoms with Gasteiger partial charge in [-0.15, -0.1) is 0 Å². The van der Waals surface area contributed by atoms with Crippen LogP contribution in [0.3, 0.4) is 0 Å². The van der Waals surface area contributed by atoms with Gasteiger partial charge in [0, 0.05) is 25.8 Å². The van der Waals surface area contributed by atoms with Crippen LogP contribution in [-0.4, -0.2) is 68.7 Å². The number of carbonyl (C=O) groups excluding carboxylic acids is 3. The normalized spacial score (nSPS) is 19.8. The Hall–Kier alpha value is -3.25. The maximum Gasteiger partial charge on any atom is 0.308 e.